The third kappa shape index (κ3) is 7.43. The smallest absolute Gasteiger partial charge is 0.407 e. The Morgan fingerprint density at radius 2 is 1.87 bits per heavy atom. The molecule has 1 aromatic carbocycles. The molecule has 39 heavy (non-hydrogen) atoms. The Balaban J connectivity index is 1.40. The summed E-state index contributed by atoms with van der Waals surface area (Å²) in [5.74, 6) is -0.506. The van der Waals surface area contributed by atoms with Gasteiger partial charge in [0, 0.05) is 32.1 Å². The molecule has 2 fully saturated rings. The normalized spacial score (nSPS) is 20.1. The highest BCUT2D eigenvalue weighted by Gasteiger charge is 2.38. The number of carbonyl (C=O) groups is 1. The van der Waals surface area contributed by atoms with E-state index in [0.717, 1.165) is 31.0 Å². The van der Waals surface area contributed by atoms with Crippen LogP contribution >= 0.6 is 0 Å². The van der Waals surface area contributed by atoms with Crippen molar-refractivity contribution in [3.05, 3.63) is 47.8 Å². The summed E-state index contributed by atoms with van der Waals surface area (Å²) in [5, 5.41) is 19.3. The predicted octanol–water partition coefficient (Wildman–Crippen LogP) is 3.26. The molecule has 4 N–H and O–H groups in total. The number of amides is 1. The van der Waals surface area contributed by atoms with Gasteiger partial charge in [0.1, 0.15) is 17.2 Å². The monoisotopic (exact) mass is 547 g/mol. The second kappa shape index (κ2) is 12.0. The molecule has 2 aromatic rings. The topological polar surface area (TPSA) is 136 Å². The van der Waals surface area contributed by atoms with Gasteiger partial charge in [-0.3, -0.25) is 10.6 Å². The quantitative estimate of drug-likeness (QED) is 0.244. The van der Waals surface area contributed by atoms with Crippen molar-refractivity contribution in [3.63, 3.8) is 0 Å². The molecule has 2 atom stereocenters. The summed E-state index contributed by atoms with van der Waals surface area (Å²) in [4.78, 5) is 24.9. The number of hydroxylamine groups is 1. The second-order valence-electron chi connectivity index (χ2n) is 10.9. The Bertz CT molecular complexity index is 1150. The molecule has 11 nitrogen and oxygen atoms in total. The zero-order chi connectivity index (χ0) is 28.2. The number of halogens is 2. The highest BCUT2D eigenvalue weighted by Crippen LogP contribution is 2.32. The van der Waals surface area contributed by atoms with Gasteiger partial charge < -0.3 is 24.6 Å². The van der Waals surface area contributed by atoms with Gasteiger partial charge in [0.15, 0.2) is 5.75 Å². The maximum absolute atomic E-state index is 14.7. The number of nitrogens with zero attached hydrogens (tertiary/aromatic N) is 4. The number of carbonyl (C=O) groups excluding carboxylic acids is 1. The summed E-state index contributed by atoms with van der Waals surface area (Å²) >= 11 is 0. The van der Waals surface area contributed by atoms with Crippen LogP contribution in [0.2, 0.25) is 0 Å². The maximum atomic E-state index is 14.7. The highest BCUT2D eigenvalue weighted by atomic mass is 19.1. The van der Waals surface area contributed by atoms with Crippen LogP contribution in [0.5, 0.6) is 5.75 Å². The molecule has 0 spiro atoms. The van der Waals surface area contributed by atoms with Crippen LogP contribution < -0.4 is 20.4 Å². The third-order valence-electron chi connectivity index (χ3n) is 6.80. The van der Waals surface area contributed by atoms with Crippen LogP contribution in [0.3, 0.4) is 0 Å². The number of hydrogen-bond donors (Lipinski definition) is 4. The molecule has 2 aliphatic heterocycles. The van der Waals surface area contributed by atoms with Crippen LogP contribution in [-0.2, 0) is 4.74 Å². The minimum atomic E-state index is -0.711. The molecule has 1 amide bonds. The molecule has 0 aliphatic carbocycles. The summed E-state index contributed by atoms with van der Waals surface area (Å²) in [6.07, 6.45) is 4.13. The Labute approximate surface area is 226 Å². The van der Waals surface area contributed by atoms with Gasteiger partial charge in [0.05, 0.1) is 25.0 Å². The Kier molecular flexibility index (Phi) is 8.68. The van der Waals surface area contributed by atoms with Gasteiger partial charge in [-0.25, -0.2) is 29.0 Å². The molecule has 4 rings (SSSR count). The van der Waals surface area contributed by atoms with E-state index in [4.69, 9.17) is 20.1 Å². The van der Waals surface area contributed by atoms with Crippen LogP contribution in [-0.4, -0.2) is 76.6 Å². The molecule has 0 bridgehead atoms. The number of aromatic nitrogens is 2. The zero-order valence-corrected chi connectivity index (χ0v) is 22.3. The van der Waals surface area contributed by atoms with Crippen molar-refractivity contribution in [1.82, 2.24) is 25.7 Å². The minimum absolute atomic E-state index is 0.00817. The SMILES string of the molecule is CC(C)(C)OC(=O)N[C@H]1CN(c2ncc(OCC3CCN(C(=N)NO)CC3)cn2)C[C@@H]1c1cc(F)ccc1F. The van der Waals surface area contributed by atoms with Gasteiger partial charge in [-0.05, 0) is 63.3 Å². The van der Waals surface area contributed by atoms with Crippen molar-refractivity contribution in [2.24, 2.45) is 5.92 Å². The van der Waals surface area contributed by atoms with E-state index in [0.29, 0.717) is 37.3 Å². The number of likely N-dealkylation sites (tertiary alicyclic amines) is 1. The lowest BCUT2D eigenvalue weighted by atomic mass is 9.94. The van der Waals surface area contributed by atoms with E-state index in [1.807, 2.05) is 5.48 Å². The van der Waals surface area contributed by atoms with Crippen LogP contribution in [0.25, 0.3) is 0 Å². The van der Waals surface area contributed by atoms with E-state index in [1.54, 1.807) is 43.0 Å². The molecule has 1 aromatic heterocycles. The van der Waals surface area contributed by atoms with Crippen molar-refractivity contribution in [3.8, 4) is 5.75 Å². The number of benzene rings is 1. The van der Waals surface area contributed by atoms with Gasteiger partial charge in [-0.2, -0.15) is 0 Å². The van der Waals surface area contributed by atoms with Crippen molar-refractivity contribution in [2.45, 2.75) is 51.2 Å². The second-order valence-corrected chi connectivity index (χ2v) is 10.9. The lowest BCUT2D eigenvalue weighted by Gasteiger charge is -2.32. The largest absolute Gasteiger partial charge is 0.490 e. The Morgan fingerprint density at radius 3 is 2.51 bits per heavy atom. The van der Waals surface area contributed by atoms with E-state index >= 15 is 0 Å². The van der Waals surface area contributed by atoms with Gasteiger partial charge in [-0.1, -0.05) is 0 Å². The summed E-state index contributed by atoms with van der Waals surface area (Å²) in [7, 11) is 0. The van der Waals surface area contributed by atoms with Crippen LogP contribution in [0.1, 0.15) is 45.1 Å². The van der Waals surface area contributed by atoms with Crippen molar-refractivity contribution < 1.29 is 28.3 Å². The Hall–Kier alpha value is -3.74. The molecular formula is C26H35F2N7O4. The van der Waals surface area contributed by atoms with Gasteiger partial charge >= 0.3 is 6.09 Å². The van der Waals surface area contributed by atoms with E-state index in [9.17, 15) is 13.6 Å². The Morgan fingerprint density at radius 1 is 1.18 bits per heavy atom. The molecule has 212 valence electrons. The molecule has 3 heterocycles. The first-order valence-electron chi connectivity index (χ1n) is 12.9. The fraction of sp³-hybridized carbons (Fsp3) is 0.538. The number of hydrogen-bond acceptors (Lipinski definition) is 8. The molecule has 0 saturated carbocycles. The molecule has 2 aliphatic rings. The van der Waals surface area contributed by atoms with Crippen molar-refractivity contribution in [2.75, 3.05) is 37.7 Å². The average molecular weight is 548 g/mol. The first-order chi connectivity index (χ1) is 18.5. The van der Waals surface area contributed by atoms with Gasteiger partial charge in [-0.15, -0.1) is 0 Å². The fourth-order valence-electron chi connectivity index (χ4n) is 4.84. The van der Waals surface area contributed by atoms with Crippen molar-refractivity contribution >= 4 is 18.0 Å². The predicted molar refractivity (Wildman–Crippen MR) is 139 cm³/mol. The molecule has 2 saturated heterocycles. The van der Waals surface area contributed by atoms with Crippen LogP contribution in [0.15, 0.2) is 30.6 Å². The number of piperidine rings is 1. The molecule has 0 radical (unpaired) electrons. The van der Waals surface area contributed by atoms with E-state index in [2.05, 4.69) is 15.3 Å². The van der Waals surface area contributed by atoms with E-state index < -0.39 is 35.3 Å². The molecule has 13 heteroatoms. The molecular weight excluding hydrogens is 512 g/mol. The summed E-state index contributed by atoms with van der Waals surface area (Å²) < 4.78 is 40.0. The third-order valence-corrected chi connectivity index (χ3v) is 6.80. The van der Waals surface area contributed by atoms with Crippen molar-refractivity contribution in [1.29, 1.82) is 5.41 Å². The number of anilines is 1. The van der Waals surface area contributed by atoms with Gasteiger partial charge in [0.2, 0.25) is 11.9 Å². The lowest BCUT2D eigenvalue weighted by Crippen LogP contribution is -2.44. The first kappa shape index (κ1) is 28.3. The number of alkyl carbamates (subject to hydrolysis) is 1. The highest BCUT2D eigenvalue weighted by molar-refractivity contribution is 5.75. The number of ether oxygens (including phenoxy) is 2. The average Bonchev–Trinajstić information content (AvgIpc) is 3.31. The maximum Gasteiger partial charge on any atom is 0.407 e. The van der Waals surface area contributed by atoms with Gasteiger partial charge in [0.25, 0.3) is 0 Å². The first-order valence-corrected chi connectivity index (χ1v) is 12.9. The minimum Gasteiger partial charge on any atom is -0.490 e. The van der Waals surface area contributed by atoms with Crippen LogP contribution in [0.4, 0.5) is 19.5 Å². The van der Waals surface area contributed by atoms with Crippen LogP contribution in [0, 0.1) is 23.0 Å². The summed E-state index contributed by atoms with van der Waals surface area (Å²) in [6.45, 7) is 7.55. The summed E-state index contributed by atoms with van der Waals surface area (Å²) in [6, 6.07) is 2.73. The molecule has 0 unspecified atom stereocenters. The zero-order valence-electron chi connectivity index (χ0n) is 22.3. The lowest BCUT2D eigenvalue weighted by molar-refractivity contribution is 0.0504. The number of rotatable bonds is 6. The van der Waals surface area contributed by atoms with E-state index in [1.165, 1.54) is 0 Å². The van der Waals surface area contributed by atoms with E-state index in [-0.39, 0.29) is 24.6 Å². The number of nitrogens with one attached hydrogen (secondary N) is 3. The standard InChI is InChI=1S/C26H35F2N7O4/c1-26(2,3)39-25(36)32-22-14-35(13-20(22)19-10-17(27)4-5-21(19)28)24-30-11-18(12-31-24)38-15-16-6-8-34(9-7-16)23(29)33-37/h4-5,10-12,16,20,22,37H,6-9,13-15H2,1-3H3,(H2,29,33)(H,32,36)/t20-,22+/m1/s1. The fourth-order valence-corrected chi connectivity index (χ4v) is 4.84. The summed E-state index contributed by atoms with van der Waals surface area (Å²) in [5.41, 5.74) is 1.32. The number of guanidine groups is 1.